The van der Waals surface area contributed by atoms with Gasteiger partial charge in [0.15, 0.2) is 0 Å². The molecular weight excluding hydrogens is 298 g/mol. The normalized spacial score (nSPS) is 20.6. The van der Waals surface area contributed by atoms with Crippen molar-refractivity contribution in [1.82, 2.24) is 4.90 Å². The summed E-state index contributed by atoms with van der Waals surface area (Å²) in [4.78, 5) is 14.3. The monoisotopic (exact) mass is 323 g/mol. The highest BCUT2D eigenvalue weighted by Crippen LogP contribution is 2.26. The standard InChI is InChI=1S/C21H25NO2/c1-22(21(24)19-8-5-9-20(23)14-19)15-16-10-12-18(13-11-16)17-6-3-2-4-7-17/h2-4,6-7,10-13,19-20,23H,5,8-9,14-15H2,1H3/t19-,20-/m0/s1. The van der Waals surface area contributed by atoms with E-state index < -0.39 is 0 Å². The van der Waals surface area contributed by atoms with Crippen LogP contribution >= 0.6 is 0 Å². The van der Waals surface area contributed by atoms with E-state index in [1.165, 1.54) is 11.1 Å². The molecule has 1 N–H and O–H groups in total. The zero-order chi connectivity index (χ0) is 16.9. The highest BCUT2D eigenvalue weighted by Gasteiger charge is 2.28. The van der Waals surface area contributed by atoms with Crippen molar-refractivity contribution in [3.8, 4) is 11.1 Å². The molecule has 2 aromatic rings. The average Bonchev–Trinajstić information content (AvgIpc) is 2.62. The van der Waals surface area contributed by atoms with Crippen LogP contribution in [0.15, 0.2) is 54.6 Å². The number of carbonyl (C=O) groups excluding carboxylic acids is 1. The maximum atomic E-state index is 12.6. The minimum Gasteiger partial charge on any atom is -0.393 e. The Labute approximate surface area is 143 Å². The van der Waals surface area contributed by atoms with Crippen molar-refractivity contribution in [3.05, 3.63) is 60.2 Å². The number of carbonyl (C=O) groups is 1. The third-order valence-electron chi connectivity index (χ3n) is 4.85. The average molecular weight is 323 g/mol. The second kappa shape index (κ2) is 7.63. The summed E-state index contributed by atoms with van der Waals surface area (Å²) in [6, 6.07) is 18.7. The first-order chi connectivity index (χ1) is 11.6. The van der Waals surface area contributed by atoms with Crippen LogP contribution in [0.3, 0.4) is 0 Å². The van der Waals surface area contributed by atoms with Crippen molar-refractivity contribution in [3.63, 3.8) is 0 Å². The number of aliphatic hydroxyl groups is 1. The molecule has 1 saturated carbocycles. The van der Waals surface area contributed by atoms with Gasteiger partial charge in [-0.15, -0.1) is 0 Å². The molecule has 3 heteroatoms. The van der Waals surface area contributed by atoms with Crippen LogP contribution in [0.2, 0.25) is 0 Å². The second-order valence-electron chi connectivity index (χ2n) is 6.77. The molecule has 2 atom stereocenters. The molecule has 1 aliphatic rings. The van der Waals surface area contributed by atoms with Gasteiger partial charge in [-0.25, -0.2) is 0 Å². The minimum atomic E-state index is -0.314. The van der Waals surface area contributed by atoms with Crippen LogP contribution in [-0.2, 0) is 11.3 Å². The summed E-state index contributed by atoms with van der Waals surface area (Å²) in [6.45, 7) is 0.612. The van der Waals surface area contributed by atoms with Crippen LogP contribution in [0.4, 0.5) is 0 Å². The number of hydrogen-bond donors (Lipinski definition) is 1. The molecule has 1 fully saturated rings. The second-order valence-corrected chi connectivity index (χ2v) is 6.77. The SMILES string of the molecule is CN(Cc1ccc(-c2ccccc2)cc1)C(=O)[C@H]1CCC[C@H](O)C1. The van der Waals surface area contributed by atoms with E-state index in [-0.39, 0.29) is 17.9 Å². The maximum absolute atomic E-state index is 12.6. The fraction of sp³-hybridized carbons (Fsp3) is 0.381. The van der Waals surface area contributed by atoms with Crippen molar-refractivity contribution in [2.24, 2.45) is 5.92 Å². The van der Waals surface area contributed by atoms with Gasteiger partial charge in [-0.05, 0) is 36.0 Å². The summed E-state index contributed by atoms with van der Waals surface area (Å²) in [6.07, 6.45) is 2.96. The lowest BCUT2D eigenvalue weighted by Gasteiger charge is -2.29. The number of benzene rings is 2. The molecule has 0 unspecified atom stereocenters. The quantitative estimate of drug-likeness (QED) is 0.928. The number of rotatable bonds is 4. The predicted octanol–water partition coefficient (Wildman–Crippen LogP) is 3.86. The Bertz CT molecular complexity index is 666. The van der Waals surface area contributed by atoms with Crippen molar-refractivity contribution >= 4 is 5.91 Å². The minimum absolute atomic E-state index is 0.0256. The maximum Gasteiger partial charge on any atom is 0.225 e. The summed E-state index contributed by atoms with van der Waals surface area (Å²) in [7, 11) is 1.86. The first kappa shape index (κ1) is 16.7. The number of amides is 1. The smallest absolute Gasteiger partial charge is 0.225 e. The van der Waals surface area contributed by atoms with Crippen LogP contribution in [0, 0.1) is 5.92 Å². The van der Waals surface area contributed by atoms with Crippen LogP contribution in [0.1, 0.15) is 31.2 Å². The van der Waals surface area contributed by atoms with Gasteiger partial charge in [0, 0.05) is 19.5 Å². The van der Waals surface area contributed by atoms with Crippen LogP contribution in [0.25, 0.3) is 11.1 Å². The molecule has 0 spiro atoms. The zero-order valence-electron chi connectivity index (χ0n) is 14.2. The molecule has 0 bridgehead atoms. The summed E-state index contributed by atoms with van der Waals surface area (Å²) in [5, 5.41) is 9.77. The van der Waals surface area contributed by atoms with Gasteiger partial charge in [0.1, 0.15) is 0 Å². The summed E-state index contributed by atoms with van der Waals surface area (Å²) in [5.74, 6) is 0.128. The molecule has 0 aromatic heterocycles. The van der Waals surface area contributed by atoms with Gasteiger partial charge in [-0.2, -0.15) is 0 Å². The van der Waals surface area contributed by atoms with Crippen molar-refractivity contribution in [2.75, 3.05) is 7.05 Å². The number of aliphatic hydroxyl groups excluding tert-OH is 1. The van der Waals surface area contributed by atoms with Crippen molar-refractivity contribution in [1.29, 1.82) is 0 Å². The first-order valence-corrected chi connectivity index (χ1v) is 8.71. The third kappa shape index (κ3) is 4.04. The molecule has 0 aliphatic heterocycles. The molecule has 0 saturated heterocycles. The van der Waals surface area contributed by atoms with E-state index in [1.54, 1.807) is 4.90 Å². The molecule has 1 amide bonds. The van der Waals surface area contributed by atoms with E-state index in [0.717, 1.165) is 24.8 Å². The van der Waals surface area contributed by atoms with Gasteiger partial charge in [0.25, 0.3) is 0 Å². The first-order valence-electron chi connectivity index (χ1n) is 8.71. The zero-order valence-corrected chi connectivity index (χ0v) is 14.2. The fourth-order valence-corrected chi connectivity index (χ4v) is 3.48. The lowest BCUT2D eigenvalue weighted by atomic mass is 9.86. The van der Waals surface area contributed by atoms with E-state index in [9.17, 15) is 9.90 Å². The largest absolute Gasteiger partial charge is 0.393 e. The van der Waals surface area contributed by atoms with Crippen LogP contribution < -0.4 is 0 Å². The van der Waals surface area contributed by atoms with Gasteiger partial charge < -0.3 is 10.0 Å². The van der Waals surface area contributed by atoms with E-state index in [0.29, 0.717) is 13.0 Å². The number of hydrogen-bond acceptors (Lipinski definition) is 2. The summed E-state index contributed by atoms with van der Waals surface area (Å²) in [5.41, 5.74) is 3.51. The van der Waals surface area contributed by atoms with Gasteiger partial charge in [-0.1, -0.05) is 61.0 Å². The fourth-order valence-electron chi connectivity index (χ4n) is 3.48. The Morgan fingerprint density at radius 1 is 1.04 bits per heavy atom. The molecule has 0 heterocycles. The summed E-state index contributed by atoms with van der Waals surface area (Å²) < 4.78 is 0. The Balaban J connectivity index is 1.62. The molecule has 24 heavy (non-hydrogen) atoms. The lowest BCUT2D eigenvalue weighted by molar-refractivity contribution is -0.137. The van der Waals surface area contributed by atoms with Crippen LogP contribution in [0.5, 0.6) is 0 Å². The van der Waals surface area contributed by atoms with E-state index >= 15 is 0 Å². The molecule has 2 aromatic carbocycles. The molecule has 1 aliphatic carbocycles. The molecule has 0 radical (unpaired) electrons. The predicted molar refractivity (Wildman–Crippen MR) is 96.3 cm³/mol. The molecule has 126 valence electrons. The third-order valence-corrected chi connectivity index (χ3v) is 4.85. The Morgan fingerprint density at radius 2 is 1.71 bits per heavy atom. The molecule has 3 nitrogen and oxygen atoms in total. The topological polar surface area (TPSA) is 40.5 Å². The highest BCUT2D eigenvalue weighted by molar-refractivity contribution is 5.78. The van der Waals surface area contributed by atoms with E-state index in [4.69, 9.17) is 0 Å². The van der Waals surface area contributed by atoms with Crippen LogP contribution in [-0.4, -0.2) is 29.1 Å². The van der Waals surface area contributed by atoms with Gasteiger partial charge >= 0.3 is 0 Å². The Morgan fingerprint density at radius 3 is 2.38 bits per heavy atom. The van der Waals surface area contributed by atoms with E-state index in [2.05, 4.69) is 36.4 Å². The summed E-state index contributed by atoms with van der Waals surface area (Å²) >= 11 is 0. The van der Waals surface area contributed by atoms with E-state index in [1.807, 2.05) is 25.2 Å². The van der Waals surface area contributed by atoms with Gasteiger partial charge in [0.05, 0.1) is 6.10 Å². The molecule has 3 rings (SSSR count). The van der Waals surface area contributed by atoms with Crippen molar-refractivity contribution in [2.45, 2.75) is 38.3 Å². The Hall–Kier alpha value is -2.13. The van der Waals surface area contributed by atoms with Crippen molar-refractivity contribution < 1.29 is 9.90 Å². The van der Waals surface area contributed by atoms with Gasteiger partial charge in [-0.3, -0.25) is 4.79 Å². The highest BCUT2D eigenvalue weighted by atomic mass is 16.3. The number of nitrogens with zero attached hydrogens (tertiary/aromatic N) is 1. The lowest BCUT2D eigenvalue weighted by Crippen LogP contribution is -2.36. The molecular formula is C21H25NO2. The Kier molecular flexibility index (Phi) is 5.31. The van der Waals surface area contributed by atoms with Gasteiger partial charge in [0.2, 0.25) is 5.91 Å².